The highest BCUT2D eigenvalue weighted by molar-refractivity contribution is 9.10. The number of benzene rings is 4. The Morgan fingerprint density at radius 2 is 1.37 bits per heavy atom. The number of carbonyl (C=O) groups is 1. The van der Waals surface area contributed by atoms with Crippen LogP contribution in [0, 0.1) is 11.3 Å². The Bertz CT molecular complexity index is 1340. The molecular weight excluding hydrogens is 500 g/mol. The van der Waals surface area contributed by atoms with Crippen LogP contribution < -0.4 is 9.64 Å². The smallest absolute Gasteiger partial charge is 0.247 e. The minimum Gasteiger partial charge on any atom is -0.497 e. The summed E-state index contributed by atoms with van der Waals surface area (Å²) < 4.78 is 6.24. The number of nitrogens with zero attached hydrogens (tertiary/aromatic N) is 2. The van der Waals surface area contributed by atoms with Gasteiger partial charge in [0.15, 0.2) is 5.54 Å². The lowest BCUT2D eigenvalue weighted by molar-refractivity contribution is -0.133. The predicted molar refractivity (Wildman–Crippen MR) is 140 cm³/mol. The van der Waals surface area contributed by atoms with Crippen molar-refractivity contribution >= 4 is 27.5 Å². The SMILES string of the molecule is COc1ccc(CC2(C#N)N(c3ccc(Br)cc3)C(=O)C2(c2ccccc2)c2ccccc2)cc1. The third-order valence-corrected chi connectivity index (χ3v) is 7.36. The molecule has 35 heavy (non-hydrogen) atoms. The molecule has 0 aliphatic carbocycles. The van der Waals surface area contributed by atoms with E-state index in [-0.39, 0.29) is 5.91 Å². The third kappa shape index (κ3) is 3.45. The minimum atomic E-state index is -1.20. The molecule has 0 radical (unpaired) electrons. The zero-order chi connectivity index (χ0) is 24.5. The van der Waals surface area contributed by atoms with Crippen LogP contribution in [0.5, 0.6) is 5.75 Å². The molecule has 1 fully saturated rings. The summed E-state index contributed by atoms with van der Waals surface area (Å²) in [4.78, 5) is 16.0. The van der Waals surface area contributed by atoms with Gasteiger partial charge >= 0.3 is 0 Å². The topological polar surface area (TPSA) is 53.3 Å². The number of methoxy groups -OCH3 is 1. The van der Waals surface area contributed by atoms with Crippen molar-refractivity contribution in [2.24, 2.45) is 0 Å². The third-order valence-electron chi connectivity index (χ3n) is 6.83. The second-order valence-corrected chi connectivity index (χ2v) is 9.51. The fourth-order valence-electron chi connectivity index (χ4n) is 5.25. The van der Waals surface area contributed by atoms with Crippen molar-refractivity contribution in [3.63, 3.8) is 0 Å². The Morgan fingerprint density at radius 3 is 1.86 bits per heavy atom. The maximum absolute atomic E-state index is 14.4. The molecule has 0 saturated carbocycles. The van der Waals surface area contributed by atoms with Gasteiger partial charge in [0.1, 0.15) is 11.2 Å². The largest absolute Gasteiger partial charge is 0.497 e. The second kappa shape index (κ2) is 9.05. The molecule has 0 aromatic heterocycles. The normalized spacial score (nSPS) is 18.4. The van der Waals surface area contributed by atoms with Crippen LogP contribution >= 0.6 is 15.9 Å². The van der Waals surface area contributed by atoms with E-state index in [0.29, 0.717) is 12.1 Å². The summed E-state index contributed by atoms with van der Waals surface area (Å²) in [5, 5.41) is 11.0. The van der Waals surface area contributed by atoms with E-state index in [1.807, 2.05) is 109 Å². The van der Waals surface area contributed by atoms with E-state index in [9.17, 15) is 10.1 Å². The molecule has 5 rings (SSSR count). The van der Waals surface area contributed by atoms with Gasteiger partial charge in [-0.15, -0.1) is 0 Å². The lowest BCUT2D eigenvalue weighted by Crippen LogP contribution is -2.81. The summed E-state index contributed by atoms with van der Waals surface area (Å²) in [6.45, 7) is 0. The van der Waals surface area contributed by atoms with Crippen molar-refractivity contribution < 1.29 is 9.53 Å². The molecule has 1 amide bonds. The van der Waals surface area contributed by atoms with Gasteiger partial charge in [-0.25, -0.2) is 0 Å². The van der Waals surface area contributed by atoms with Gasteiger partial charge in [0.05, 0.1) is 13.2 Å². The van der Waals surface area contributed by atoms with Crippen LogP contribution in [-0.4, -0.2) is 18.6 Å². The van der Waals surface area contributed by atoms with Crippen LogP contribution in [0.3, 0.4) is 0 Å². The van der Waals surface area contributed by atoms with E-state index >= 15 is 0 Å². The number of nitriles is 1. The van der Waals surface area contributed by atoms with Crippen LogP contribution in [0.4, 0.5) is 5.69 Å². The maximum atomic E-state index is 14.4. The van der Waals surface area contributed by atoms with Gasteiger partial charge in [-0.3, -0.25) is 9.69 Å². The summed E-state index contributed by atoms with van der Waals surface area (Å²) in [5.41, 5.74) is 0.875. The fraction of sp³-hybridized carbons (Fsp3) is 0.133. The number of hydrogen-bond donors (Lipinski definition) is 0. The van der Waals surface area contributed by atoms with E-state index in [4.69, 9.17) is 4.74 Å². The van der Waals surface area contributed by atoms with Crippen molar-refractivity contribution in [3.05, 3.63) is 130 Å². The first-order chi connectivity index (χ1) is 17.1. The molecule has 4 aromatic carbocycles. The average molecular weight is 523 g/mol. The van der Waals surface area contributed by atoms with E-state index < -0.39 is 11.0 Å². The molecule has 1 saturated heterocycles. The first-order valence-corrected chi connectivity index (χ1v) is 12.1. The van der Waals surface area contributed by atoms with Crippen molar-refractivity contribution in [2.75, 3.05) is 12.0 Å². The highest BCUT2D eigenvalue weighted by atomic mass is 79.9. The van der Waals surface area contributed by atoms with Crippen molar-refractivity contribution in [1.82, 2.24) is 0 Å². The summed E-state index contributed by atoms with van der Waals surface area (Å²) in [5.74, 6) is 0.624. The number of β-lactam (4-membered cyclic amide) rings is 1. The van der Waals surface area contributed by atoms with Crippen LogP contribution in [-0.2, 0) is 16.6 Å². The van der Waals surface area contributed by atoms with Gasteiger partial charge in [0.25, 0.3) is 0 Å². The Balaban J connectivity index is 1.78. The quantitative estimate of drug-likeness (QED) is 0.279. The number of halogens is 1. The monoisotopic (exact) mass is 522 g/mol. The lowest BCUT2D eigenvalue weighted by Gasteiger charge is -2.62. The predicted octanol–water partition coefficient (Wildman–Crippen LogP) is 6.30. The first kappa shape index (κ1) is 22.9. The molecule has 1 unspecified atom stereocenters. The van der Waals surface area contributed by atoms with Crippen molar-refractivity contribution in [2.45, 2.75) is 17.4 Å². The number of ether oxygens (including phenoxy) is 1. The molecule has 4 aromatic rings. The van der Waals surface area contributed by atoms with Crippen LogP contribution in [0.2, 0.25) is 0 Å². The Labute approximate surface area is 213 Å². The molecule has 1 heterocycles. The van der Waals surface area contributed by atoms with Crippen molar-refractivity contribution in [1.29, 1.82) is 5.26 Å². The molecule has 4 nitrogen and oxygen atoms in total. The Kier molecular flexibility index (Phi) is 5.92. The molecule has 1 aliphatic rings. The minimum absolute atomic E-state index is 0.118. The van der Waals surface area contributed by atoms with Gasteiger partial charge in [0.2, 0.25) is 5.91 Å². The van der Waals surface area contributed by atoms with Crippen LogP contribution in [0.25, 0.3) is 0 Å². The van der Waals surface area contributed by atoms with E-state index in [1.165, 1.54) is 0 Å². The van der Waals surface area contributed by atoms with Gasteiger partial charge in [0, 0.05) is 16.6 Å². The second-order valence-electron chi connectivity index (χ2n) is 8.60. The molecule has 5 heteroatoms. The molecule has 0 N–H and O–H groups in total. The first-order valence-electron chi connectivity index (χ1n) is 11.3. The van der Waals surface area contributed by atoms with Crippen LogP contribution in [0.1, 0.15) is 16.7 Å². The molecule has 0 spiro atoms. The lowest BCUT2D eigenvalue weighted by atomic mass is 9.52. The molecule has 1 atom stereocenters. The van der Waals surface area contributed by atoms with Gasteiger partial charge in [-0.2, -0.15) is 5.26 Å². The molecule has 0 bridgehead atoms. The number of amides is 1. The van der Waals surface area contributed by atoms with Gasteiger partial charge in [-0.05, 0) is 53.1 Å². The summed E-state index contributed by atoms with van der Waals surface area (Å²) >= 11 is 3.48. The number of carbonyl (C=O) groups excluding carboxylic acids is 1. The standard InChI is InChI=1S/C30H23BrN2O2/c1-35-27-18-12-22(13-19-27)20-29(21-32)30(23-8-4-2-5-9-23,24-10-6-3-7-11-24)28(34)33(29)26-16-14-25(31)15-17-26/h2-19H,20H2,1H3. The van der Waals surface area contributed by atoms with E-state index in [0.717, 1.165) is 26.9 Å². The average Bonchev–Trinajstić information content (AvgIpc) is 2.91. The Hall–Kier alpha value is -3.88. The Morgan fingerprint density at radius 1 is 0.829 bits per heavy atom. The highest BCUT2D eigenvalue weighted by Gasteiger charge is 2.73. The zero-order valence-electron chi connectivity index (χ0n) is 19.2. The number of anilines is 1. The van der Waals surface area contributed by atoms with Gasteiger partial charge < -0.3 is 4.74 Å². The fourth-order valence-corrected chi connectivity index (χ4v) is 5.52. The molecule has 172 valence electrons. The van der Waals surface area contributed by atoms with Crippen molar-refractivity contribution in [3.8, 4) is 11.8 Å². The molecular formula is C30H23BrN2O2. The maximum Gasteiger partial charge on any atom is 0.247 e. The highest BCUT2D eigenvalue weighted by Crippen LogP contribution is 2.57. The summed E-state index contributed by atoms with van der Waals surface area (Å²) in [6, 6.07) is 37.2. The summed E-state index contributed by atoms with van der Waals surface area (Å²) in [6.07, 6.45) is 0.346. The van der Waals surface area contributed by atoms with Crippen LogP contribution in [0.15, 0.2) is 114 Å². The van der Waals surface area contributed by atoms with Gasteiger partial charge in [-0.1, -0.05) is 88.7 Å². The number of hydrogen-bond acceptors (Lipinski definition) is 3. The van der Waals surface area contributed by atoms with E-state index in [1.54, 1.807) is 12.0 Å². The number of rotatable bonds is 6. The summed E-state index contributed by atoms with van der Waals surface area (Å²) in [7, 11) is 1.63. The zero-order valence-corrected chi connectivity index (χ0v) is 20.8. The van der Waals surface area contributed by atoms with E-state index in [2.05, 4.69) is 22.0 Å². The molecule has 1 aliphatic heterocycles.